The fraction of sp³-hybridized carbons (Fsp3) is 0.0833. The van der Waals surface area contributed by atoms with Crippen LogP contribution in [-0.2, 0) is 20.1 Å². The smallest absolute Gasteiger partial charge is 0.382 e. The van der Waals surface area contributed by atoms with Crippen molar-refractivity contribution in [2.24, 2.45) is 0 Å². The number of aromatic nitrogens is 2. The molecule has 5 rings (SSSR count). The summed E-state index contributed by atoms with van der Waals surface area (Å²) in [6, 6.07) is 29.1. The van der Waals surface area contributed by atoms with Crippen molar-refractivity contribution in [3.63, 3.8) is 0 Å². The van der Waals surface area contributed by atoms with Gasteiger partial charge in [0, 0.05) is 56.7 Å². The molecular formula is C24H20BIrN4. The third kappa shape index (κ3) is 4.30. The fourth-order valence-electron chi connectivity index (χ4n) is 3.56. The van der Waals surface area contributed by atoms with Gasteiger partial charge in [0.25, 0.3) is 0 Å². The summed E-state index contributed by atoms with van der Waals surface area (Å²) in [5.74, 6) is 1.90. The minimum Gasteiger partial charge on any atom is -0.382 e. The Balaban J connectivity index is 0.00000218. The normalized spacial score (nSPS) is 12.9. The Bertz CT molecular complexity index is 985. The molecule has 0 atom stereocenters. The van der Waals surface area contributed by atoms with Crippen molar-refractivity contribution < 1.29 is 20.1 Å². The molecule has 1 fully saturated rings. The van der Waals surface area contributed by atoms with Crippen molar-refractivity contribution in [3.8, 4) is 22.3 Å². The van der Waals surface area contributed by atoms with Gasteiger partial charge in [0.2, 0.25) is 0 Å². The fourth-order valence-corrected chi connectivity index (χ4v) is 3.56. The van der Waals surface area contributed by atoms with Gasteiger partial charge in [0.15, 0.2) is 0 Å². The first-order chi connectivity index (χ1) is 14.4. The summed E-state index contributed by atoms with van der Waals surface area (Å²) in [5, 5.41) is 0. The van der Waals surface area contributed by atoms with Gasteiger partial charge >= 0.3 is 7.55 Å². The van der Waals surface area contributed by atoms with Crippen molar-refractivity contribution >= 4 is 19.2 Å². The Morgan fingerprint density at radius 2 is 0.967 bits per heavy atom. The van der Waals surface area contributed by atoms with Crippen LogP contribution in [0.5, 0.6) is 0 Å². The molecule has 0 saturated carbocycles. The predicted molar refractivity (Wildman–Crippen MR) is 120 cm³/mol. The molecule has 30 heavy (non-hydrogen) atoms. The molecule has 4 aromatic rings. The minimum atomic E-state index is 0. The summed E-state index contributed by atoms with van der Waals surface area (Å²) in [4.78, 5) is 13.7. The first-order valence-electron chi connectivity index (χ1n) is 9.78. The average molecular weight is 567 g/mol. The molecule has 2 aromatic heterocycles. The van der Waals surface area contributed by atoms with Crippen LogP contribution >= 0.6 is 0 Å². The van der Waals surface area contributed by atoms with E-state index in [2.05, 4.69) is 75.7 Å². The van der Waals surface area contributed by atoms with Crippen LogP contribution in [0.3, 0.4) is 0 Å². The number of nitrogens with zero attached hydrogens (tertiary/aromatic N) is 4. The quantitative estimate of drug-likeness (QED) is 0.336. The molecule has 2 radical (unpaired) electrons. The molecule has 0 spiro atoms. The van der Waals surface area contributed by atoms with Crippen LogP contribution in [-0.4, -0.2) is 30.6 Å². The number of anilines is 2. The molecule has 0 bridgehead atoms. The van der Waals surface area contributed by atoms with Crippen LogP contribution < -0.4 is 9.62 Å². The molecule has 3 heterocycles. The Hall–Kier alpha value is -2.95. The standard InChI is InChI=1S/C24H20BN4.Ir/c1-3-7-19(8-4-1)21-11-13-23(26-17-21)28-15-16-29(25-28)24-14-12-22(18-27-24)20-9-5-2-6-10-20;/h1-14,17-18H,15-16H2;. The van der Waals surface area contributed by atoms with E-state index in [0.29, 0.717) is 0 Å². The molecule has 148 valence electrons. The molecular weight excluding hydrogens is 547 g/mol. The van der Waals surface area contributed by atoms with Crippen molar-refractivity contribution in [1.82, 2.24) is 9.97 Å². The largest absolute Gasteiger partial charge is 0.394 e. The number of hydrogen-bond donors (Lipinski definition) is 0. The van der Waals surface area contributed by atoms with E-state index >= 15 is 0 Å². The number of rotatable bonds is 4. The van der Waals surface area contributed by atoms with Gasteiger partial charge in [-0.3, -0.25) is 0 Å². The van der Waals surface area contributed by atoms with E-state index in [1.165, 1.54) is 11.1 Å². The van der Waals surface area contributed by atoms with Gasteiger partial charge in [-0.05, 0) is 35.4 Å². The average Bonchev–Trinajstić information content (AvgIpc) is 3.31. The number of hydrogen-bond acceptors (Lipinski definition) is 4. The maximum atomic E-state index is 4.67. The van der Waals surface area contributed by atoms with Crippen LogP contribution in [0.4, 0.5) is 11.6 Å². The van der Waals surface area contributed by atoms with E-state index in [4.69, 9.17) is 0 Å². The second kappa shape index (κ2) is 9.25. The second-order valence-electron chi connectivity index (χ2n) is 7.04. The molecule has 0 unspecified atom stereocenters. The van der Waals surface area contributed by atoms with Gasteiger partial charge in [0.05, 0.1) is 0 Å². The summed E-state index contributed by atoms with van der Waals surface area (Å²) >= 11 is 0. The Morgan fingerprint density at radius 1 is 0.533 bits per heavy atom. The second-order valence-corrected chi connectivity index (χ2v) is 7.04. The SMILES string of the molecule is [B]1N(c2ccc(-c3ccccc3)cn2)CCN1c1ccc(-c2ccccc2)cn1.[Ir]. The number of benzene rings is 2. The maximum absolute atomic E-state index is 4.67. The van der Waals surface area contributed by atoms with Gasteiger partial charge in [0.1, 0.15) is 11.6 Å². The van der Waals surface area contributed by atoms with Crippen molar-refractivity contribution in [2.75, 3.05) is 22.7 Å². The summed E-state index contributed by atoms with van der Waals surface area (Å²) < 4.78 is 0. The van der Waals surface area contributed by atoms with E-state index in [0.717, 1.165) is 35.9 Å². The monoisotopic (exact) mass is 568 g/mol. The van der Waals surface area contributed by atoms with E-state index in [1.54, 1.807) is 0 Å². The predicted octanol–water partition coefficient (Wildman–Crippen LogP) is 4.67. The van der Waals surface area contributed by atoms with E-state index < -0.39 is 0 Å². The van der Waals surface area contributed by atoms with Gasteiger partial charge in [-0.1, -0.05) is 60.7 Å². The van der Waals surface area contributed by atoms with Crippen LogP contribution in [0.2, 0.25) is 0 Å². The summed E-state index contributed by atoms with van der Waals surface area (Å²) in [7, 11) is 2.09. The van der Waals surface area contributed by atoms with E-state index in [-0.39, 0.29) is 20.1 Å². The Labute approximate surface area is 191 Å². The van der Waals surface area contributed by atoms with Crippen molar-refractivity contribution in [2.45, 2.75) is 0 Å². The Morgan fingerprint density at radius 3 is 1.33 bits per heavy atom. The van der Waals surface area contributed by atoms with Gasteiger partial charge in [-0.2, -0.15) is 0 Å². The van der Waals surface area contributed by atoms with E-state index in [9.17, 15) is 0 Å². The third-order valence-corrected chi connectivity index (χ3v) is 5.16. The molecule has 0 N–H and O–H groups in total. The van der Waals surface area contributed by atoms with Crippen molar-refractivity contribution in [3.05, 3.63) is 97.3 Å². The van der Waals surface area contributed by atoms with Crippen LogP contribution in [0.25, 0.3) is 22.3 Å². The summed E-state index contributed by atoms with van der Waals surface area (Å²) in [6.45, 7) is 1.78. The molecule has 6 heteroatoms. The minimum absolute atomic E-state index is 0. The van der Waals surface area contributed by atoms with Gasteiger partial charge in [-0.15, -0.1) is 0 Å². The zero-order valence-corrected chi connectivity index (χ0v) is 18.7. The van der Waals surface area contributed by atoms with Gasteiger partial charge < -0.3 is 9.62 Å². The van der Waals surface area contributed by atoms with Crippen molar-refractivity contribution in [1.29, 1.82) is 0 Å². The van der Waals surface area contributed by atoms with E-state index in [1.807, 2.05) is 48.8 Å². The molecule has 4 nitrogen and oxygen atoms in total. The van der Waals surface area contributed by atoms with Crippen LogP contribution in [0, 0.1) is 0 Å². The van der Waals surface area contributed by atoms with Crippen LogP contribution in [0.15, 0.2) is 97.3 Å². The Kier molecular flexibility index (Phi) is 6.27. The van der Waals surface area contributed by atoms with Gasteiger partial charge in [-0.25, -0.2) is 9.97 Å². The molecule has 1 aliphatic rings. The first kappa shape index (κ1) is 20.3. The summed E-state index contributed by atoms with van der Waals surface area (Å²) in [5.41, 5.74) is 4.62. The zero-order chi connectivity index (χ0) is 19.5. The number of pyridine rings is 2. The zero-order valence-electron chi connectivity index (χ0n) is 16.4. The third-order valence-electron chi connectivity index (χ3n) is 5.16. The molecule has 1 saturated heterocycles. The first-order valence-corrected chi connectivity index (χ1v) is 9.78. The molecule has 1 aliphatic heterocycles. The molecule has 0 amide bonds. The van der Waals surface area contributed by atoms with Crippen LogP contribution in [0.1, 0.15) is 0 Å². The summed E-state index contributed by atoms with van der Waals surface area (Å²) in [6.07, 6.45) is 3.88. The molecule has 0 aliphatic carbocycles. The maximum Gasteiger partial charge on any atom is 0.394 e. The molecule has 2 aromatic carbocycles. The topological polar surface area (TPSA) is 32.3 Å².